The molecule has 0 radical (unpaired) electrons. The number of alkyl halides is 2. The van der Waals surface area contributed by atoms with Crippen molar-refractivity contribution in [2.24, 2.45) is 0 Å². The predicted octanol–water partition coefficient (Wildman–Crippen LogP) is 3.78. The smallest absolute Gasteiger partial charge is 0.258 e. The van der Waals surface area contributed by atoms with E-state index >= 15 is 0 Å². The number of rotatable bonds is 4. The maximum atomic E-state index is 13.3. The van der Waals surface area contributed by atoms with Crippen molar-refractivity contribution in [2.75, 3.05) is 0 Å². The van der Waals surface area contributed by atoms with Crippen LogP contribution in [0.15, 0.2) is 24.3 Å². The van der Waals surface area contributed by atoms with Gasteiger partial charge < -0.3 is 9.72 Å². The van der Waals surface area contributed by atoms with E-state index in [2.05, 4.69) is 19.8 Å². The van der Waals surface area contributed by atoms with Crippen LogP contribution in [0.5, 0.6) is 5.88 Å². The second-order valence-corrected chi connectivity index (χ2v) is 5.91. The average molecular weight is 343 g/mol. The molecule has 1 aliphatic rings. The standard InChI is InChI=1S/C17H15F2N5O/c1-21-12(8-20)3-2-11-9-22-15-14(11)16(24-10-23-15)25-13-4-6-17(18,19)7-5-13/h3,9-10,13H,2,4-7H2,(H,22,23,24)/b12-3-. The second-order valence-electron chi connectivity index (χ2n) is 5.91. The number of nitrogens with one attached hydrogen (secondary N) is 1. The Hall–Kier alpha value is -3.00. The molecule has 0 aliphatic heterocycles. The average Bonchev–Trinajstić information content (AvgIpc) is 3.02. The summed E-state index contributed by atoms with van der Waals surface area (Å²) in [5.41, 5.74) is 1.35. The van der Waals surface area contributed by atoms with E-state index in [-0.39, 0.29) is 37.5 Å². The van der Waals surface area contributed by atoms with Gasteiger partial charge in [-0.25, -0.2) is 28.9 Å². The fourth-order valence-electron chi connectivity index (χ4n) is 2.86. The molecule has 1 fully saturated rings. The zero-order valence-electron chi connectivity index (χ0n) is 13.3. The van der Waals surface area contributed by atoms with Gasteiger partial charge in [0.05, 0.1) is 18.0 Å². The fraction of sp³-hybridized carbons (Fsp3) is 0.412. The summed E-state index contributed by atoms with van der Waals surface area (Å²) in [7, 11) is 0. The van der Waals surface area contributed by atoms with Crippen LogP contribution in [0.3, 0.4) is 0 Å². The molecule has 0 amide bonds. The van der Waals surface area contributed by atoms with Gasteiger partial charge >= 0.3 is 0 Å². The minimum Gasteiger partial charge on any atom is -0.474 e. The molecule has 1 N–H and O–H groups in total. The van der Waals surface area contributed by atoms with Crippen molar-refractivity contribution in [3.05, 3.63) is 41.3 Å². The summed E-state index contributed by atoms with van der Waals surface area (Å²) in [6.07, 6.45) is 4.79. The van der Waals surface area contributed by atoms with Gasteiger partial charge in [-0.2, -0.15) is 0 Å². The molecule has 25 heavy (non-hydrogen) atoms. The number of aromatic nitrogens is 3. The quantitative estimate of drug-likeness (QED) is 0.677. The Balaban J connectivity index is 1.84. The lowest BCUT2D eigenvalue weighted by atomic mass is 9.94. The van der Waals surface area contributed by atoms with Crippen LogP contribution in [0.4, 0.5) is 8.78 Å². The van der Waals surface area contributed by atoms with E-state index < -0.39 is 5.92 Å². The minimum absolute atomic E-state index is 0.00294. The maximum absolute atomic E-state index is 13.3. The van der Waals surface area contributed by atoms with Crippen molar-refractivity contribution in [2.45, 2.75) is 44.1 Å². The Labute approximate surface area is 143 Å². The first-order chi connectivity index (χ1) is 12.0. The lowest BCUT2D eigenvalue weighted by molar-refractivity contribution is -0.0586. The molecule has 0 spiro atoms. The van der Waals surface area contributed by atoms with Crippen molar-refractivity contribution in [1.29, 1.82) is 5.26 Å². The summed E-state index contributed by atoms with van der Waals surface area (Å²) in [4.78, 5) is 14.4. The van der Waals surface area contributed by atoms with Gasteiger partial charge in [0, 0.05) is 19.0 Å². The summed E-state index contributed by atoms with van der Waals surface area (Å²) in [6.45, 7) is 6.91. The highest BCUT2D eigenvalue weighted by atomic mass is 19.3. The number of nitriles is 1. The summed E-state index contributed by atoms with van der Waals surface area (Å²) < 4.78 is 32.4. The summed E-state index contributed by atoms with van der Waals surface area (Å²) in [5.74, 6) is -2.27. The van der Waals surface area contributed by atoms with Crippen molar-refractivity contribution >= 4 is 11.0 Å². The number of H-pyrrole nitrogens is 1. The molecule has 1 aliphatic carbocycles. The molecule has 1 saturated carbocycles. The summed E-state index contributed by atoms with van der Waals surface area (Å²) in [6, 6.07) is 1.81. The zero-order chi connectivity index (χ0) is 17.9. The van der Waals surface area contributed by atoms with Crippen LogP contribution in [0, 0.1) is 17.9 Å². The van der Waals surface area contributed by atoms with Crippen LogP contribution in [0.1, 0.15) is 31.2 Å². The van der Waals surface area contributed by atoms with Crippen LogP contribution in [-0.4, -0.2) is 27.0 Å². The lowest BCUT2D eigenvalue weighted by Crippen LogP contribution is -2.31. The third kappa shape index (κ3) is 3.74. The second kappa shape index (κ2) is 6.86. The van der Waals surface area contributed by atoms with Crippen molar-refractivity contribution < 1.29 is 13.5 Å². The Morgan fingerprint density at radius 2 is 2.24 bits per heavy atom. The Kier molecular flexibility index (Phi) is 4.62. The Morgan fingerprint density at radius 3 is 2.92 bits per heavy atom. The van der Waals surface area contributed by atoms with Gasteiger partial charge in [0.25, 0.3) is 5.70 Å². The molecule has 2 heterocycles. The van der Waals surface area contributed by atoms with Gasteiger partial charge in [-0.3, -0.25) is 0 Å². The normalized spacial score (nSPS) is 17.8. The van der Waals surface area contributed by atoms with Crippen molar-refractivity contribution in [3.8, 4) is 11.9 Å². The molecule has 0 atom stereocenters. The molecule has 6 nitrogen and oxygen atoms in total. The molecular formula is C17H15F2N5O. The minimum atomic E-state index is -2.61. The van der Waals surface area contributed by atoms with E-state index in [1.165, 1.54) is 12.4 Å². The molecule has 8 heteroatoms. The number of nitrogens with zero attached hydrogens (tertiary/aromatic N) is 4. The molecule has 3 rings (SSSR count). The van der Waals surface area contributed by atoms with Gasteiger partial charge in [0.15, 0.2) is 0 Å². The van der Waals surface area contributed by atoms with Crippen LogP contribution in [-0.2, 0) is 6.42 Å². The molecule has 0 saturated heterocycles. The highest BCUT2D eigenvalue weighted by Crippen LogP contribution is 2.36. The van der Waals surface area contributed by atoms with Crippen molar-refractivity contribution in [1.82, 2.24) is 15.0 Å². The predicted molar refractivity (Wildman–Crippen MR) is 85.7 cm³/mol. The maximum Gasteiger partial charge on any atom is 0.258 e. The first-order valence-electron chi connectivity index (χ1n) is 7.85. The van der Waals surface area contributed by atoms with Gasteiger partial charge in [0.1, 0.15) is 18.1 Å². The van der Waals surface area contributed by atoms with E-state index in [1.807, 2.05) is 6.07 Å². The van der Waals surface area contributed by atoms with Crippen LogP contribution in [0.2, 0.25) is 0 Å². The number of fused-ring (bicyclic) bond motifs is 1. The first-order valence-corrected chi connectivity index (χ1v) is 7.85. The van der Waals surface area contributed by atoms with Crippen LogP contribution < -0.4 is 4.74 Å². The third-order valence-corrected chi connectivity index (χ3v) is 4.21. The number of hydrogen-bond donors (Lipinski definition) is 1. The Morgan fingerprint density at radius 1 is 1.48 bits per heavy atom. The van der Waals surface area contributed by atoms with Gasteiger partial charge in [-0.05, 0) is 24.8 Å². The SMILES string of the molecule is [C-]#[N+]/C(C#N)=C\Cc1c[nH]c2ncnc(OC3CCC(F)(F)CC3)c12. The Bertz CT molecular complexity index is 865. The summed E-state index contributed by atoms with van der Waals surface area (Å²) >= 11 is 0. The van der Waals surface area contributed by atoms with E-state index in [4.69, 9.17) is 16.6 Å². The number of ether oxygens (including phenoxy) is 1. The molecular weight excluding hydrogens is 328 g/mol. The van der Waals surface area contributed by atoms with Gasteiger partial charge in [0.2, 0.25) is 11.8 Å². The fourth-order valence-corrected chi connectivity index (χ4v) is 2.86. The molecule has 2 aromatic heterocycles. The van der Waals surface area contributed by atoms with Crippen LogP contribution in [0.25, 0.3) is 15.9 Å². The van der Waals surface area contributed by atoms with E-state index in [1.54, 1.807) is 6.20 Å². The molecule has 0 unspecified atom stereocenters. The number of allylic oxidation sites excluding steroid dienone is 2. The van der Waals surface area contributed by atoms with E-state index in [9.17, 15) is 8.78 Å². The largest absolute Gasteiger partial charge is 0.474 e. The van der Waals surface area contributed by atoms with Crippen LogP contribution >= 0.6 is 0 Å². The lowest BCUT2D eigenvalue weighted by Gasteiger charge is -2.28. The number of aromatic amines is 1. The molecule has 128 valence electrons. The highest BCUT2D eigenvalue weighted by molar-refractivity contribution is 5.84. The first kappa shape index (κ1) is 16.8. The third-order valence-electron chi connectivity index (χ3n) is 4.21. The van der Waals surface area contributed by atoms with E-state index in [0.29, 0.717) is 23.3 Å². The summed E-state index contributed by atoms with van der Waals surface area (Å²) in [5, 5.41) is 9.48. The number of hydrogen-bond acceptors (Lipinski definition) is 4. The topological polar surface area (TPSA) is 79.0 Å². The number of halogens is 2. The monoisotopic (exact) mass is 343 g/mol. The van der Waals surface area contributed by atoms with Gasteiger partial charge in [-0.1, -0.05) is 6.08 Å². The van der Waals surface area contributed by atoms with Crippen molar-refractivity contribution in [3.63, 3.8) is 0 Å². The van der Waals surface area contributed by atoms with E-state index in [0.717, 1.165) is 5.56 Å². The molecule has 0 aromatic carbocycles. The molecule has 0 bridgehead atoms. The highest BCUT2D eigenvalue weighted by Gasteiger charge is 2.36. The zero-order valence-corrected chi connectivity index (χ0v) is 13.3. The van der Waals surface area contributed by atoms with Gasteiger partial charge in [-0.15, -0.1) is 0 Å². The molecule has 2 aromatic rings.